The molecular weight excluding hydrogens is 300 g/mol. The molecule has 0 saturated heterocycles. The van der Waals surface area contributed by atoms with Crippen LogP contribution in [0.25, 0.3) is 0 Å². The zero-order chi connectivity index (χ0) is 15.6. The smallest absolute Gasteiger partial charge is 0.299 e. The lowest BCUT2D eigenvalue weighted by Gasteiger charge is -2.08. The minimum absolute atomic E-state index is 0.0559. The van der Waals surface area contributed by atoms with E-state index in [1.807, 2.05) is 0 Å². The van der Waals surface area contributed by atoms with Gasteiger partial charge in [-0.3, -0.25) is 20.2 Å². The molecule has 0 bridgehead atoms. The topological polar surface area (TPSA) is 124 Å². The average Bonchev–Trinajstić information content (AvgIpc) is 2.40. The number of hydrogen-bond donors (Lipinski definition) is 2. The molecule has 9 heteroatoms. The molecule has 2 rings (SSSR count). The maximum Gasteiger partial charge on any atom is 0.299 e. The van der Waals surface area contributed by atoms with Gasteiger partial charge >= 0.3 is 0 Å². The van der Waals surface area contributed by atoms with Gasteiger partial charge in [-0.15, -0.1) is 0 Å². The van der Waals surface area contributed by atoms with Crippen LogP contribution in [0, 0.1) is 20.2 Å². The van der Waals surface area contributed by atoms with Crippen molar-refractivity contribution >= 4 is 40.0 Å². The van der Waals surface area contributed by atoms with Gasteiger partial charge in [0.05, 0.1) is 15.9 Å². The molecule has 0 radical (unpaired) electrons. The molecule has 108 valence electrons. The summed E-state index contributed by atoms with van der Waals surface area (Å²) in [6.45, 7) is 0. The first-order valence-electron chi connectivity index (χ1n) is 5.63. The molecule has 0 heterocycles. The molecule has 2 aromatic rings. The summed E-state index contributed by atoms with van der Waals surface area (Å²) in [5.41, 5.74) is 5.71. The zero-order valence-electron chi connectivity index (χ0n) is 10.4. The van der Waals surface area contributed by atoms with Gasteiger partial charge in [0.1, 0.15) is 10.7 Å². The molecule has 0 spiro atoms. The number of nitro groups is 2. The van der Waals surface area contributed by atoms with Gasteiger partial charge in [-0.2, -0.15) is 0 Å². The van der Waals surface area contributed by atoms with Crippen LogP contribution in [0.4, 0.5) is 28.4 Å². The SMILES string of the molecule is Nc1ccc(Nc2cc(Cl)c([N+](=O)[O-])cc2[N+](=O)[O-])cc1. The van der Waals surface area contributed by atoms with E-state index in [9.17, 15) is 20.2 Å². The Morgan fingerprint density at radius 2 is 1.57 bits per heavy atom. The van der Waals surface area contributed by atoms with Crippen LogP contribution in [0.3, 0.4) is 0 Å². The molecular formula is C12H9ClN4O4. The molecule has 0 atom stereocenters. The van der Waals surface area contributed by atoms with Gasteiger partial charge in [-0.05, 0) is 30.3 Å². The third kappa shape index (κ3) is 3.18. The summed E-state index contributed by atoms with van der Waals surface area (Å²) in [6, 6.07) is 8.43. The van der Waals surface area contributed by atoms with Crippen LogP contribution < -0.4 is 11.1 Å². The summed E-state index contributed by atoms with van der Waals surface area (Å²) >= 11 is 5.77. The number of rotatable bonds is 4. The number of nitro benzene ring substituents is 2. The lowest BCUT2D eigenvalue weighted by atomic mass is 10.2. The molecule has 0 aliphatic carbocycles. The van der Waals surface area contributed by atoms with Crippen molar-refractivity contribution in [2.75, 3.05) is 11.1 Å². The van der Waals surface area contributed by atoms with Gasteiger partial charge in [0.2, 0.25) is 0 Å². The van der Waals surface area contributed by atoms with Crippen molar-refractivity contribution in [3.63, 3.8) is 0 Å². The van der Waals surface area contributed by atoms with Crippen molar-refractivity contribution in [1.29, 1.82) is 0 Å². The highest BCUT2D eigenvalue weighted by atomic mass is 35.5. The number of nitrogens with one attached hydrogen (secondary N) is 1. The Hall–Kier alpha value is -2.87. The number of nitrogens with zero attached hydrogens (tertiary/aromatic N) is 2. The number of benzene rings is 2. The standard InChI is InChI=1S/C12H9ClN4O4/c13-9-5-10(15-8-3-1-7(14)2-4-8)12(17(20)21)6-11(9)16(18)19/h1-6,15H,14H2. The Kier molecular flexibility index (Phi) is 3.90. The molecule has 3 N–H and O–H groups in total. The Labute approximate surface area is 123 Å². The predicted octanol–water partition coefficient (Wildman–Crippen LogP) is 3.48. The highest BCUT2D eigenvalue weighted by molar-refractivity contribution is 6.33. The fourth-order valence-electron chi connectivity index (χ4n) is 1.66. The van der Waals surface area contributed by atoms with Crippen LogP contribution in [0.1, 0.15) is 0 Å². The van der Waals surface area contributed by atoms with Crippen molar-refractivity contribution in [2.24, 2.45) is 0 Å². The second-order valence-corrected chi connectivity index (χ2v) is 4.49. The quantitative estimate of drug-likeness (QED) is 0.506. The van der Waals surface area contributed by atoms with E-state index < -0.39 is 21.2 Å². The molecule has 0 aliphatic rings. The van der Waals surface area contributed by atoms with E-state index in [4.69, 9.17) is 17.3 Å². The molecule has 2 aromatic carbocycles. The van der Waals surface area contributed by atoms with Crippen LogP contribution in [-0.4, -0.2) is 9.85 Å². The van der Waals surface area contributed by atoms with E-state index >= 15 is 0 Å². The Morgan fingerprint density at radius 3 is 2.10 bits per heavy atom. The van der Waals surface area contributed by atoms with Gasteiger partial charge in [0, 0.05) is 11.4 Å². The van der Waals surface area contributed by atoms with Crippen molar-refractivity contribution in [2.45, 2.75) is 0 Å². The van der Waals surface area contributed by atoms with E-state index in [1.54, 1.807) is 24.3 Å². The maximum absolute atomic E-state index is 11.0. The van der Waals surface area contributed by atoms with E-state index in [2.05, 4.69) is 5.32 Å². The number of nitrogen functional groups attached to an aromatic ring is 1. The molecule has 0 aromatic heterocycles. The van der Waals surface area contributed by atoms with Gasteiger partial charge in [0.15, 0.2) is 0 Å². The predicted molar refractivity (Wildman–Crippen MR) is 78.9 cm³/mol. The third-order valence-electron chi connectivity index (χ3n) is 2.65. The van der Waals surface area contributed by atoms with Crippen molar-refractivity contribution in [3.8, 4) is 0 Å². The van der Waals surface area contributed by atoms with Crippen molar-refractivity contribution < 1.29 is 9.85 Å². The molecule has 8 nitrogen and oxygen atoms in total. The van der Waals surface area contributed by atoms with Crippen molar-refractivity contribution in [1.82, 2.24) is 0 Å². The van der Waals surface area contributed by atoms with Gasteiger partial charge < -0.3 is 11.1 Å². The highest BCUT2D eigenvalue weighted by Gasteiger charge is 2.23. The zero-order valence-corrected chi connectivity index (χ0v) is 11.2. The normalized spacial score (nSPS) is 10.1. The summed E-state index contributed by atoms with van der Waals surface area (Å²) in [5, 5.41) is 24.4. The summed E-state index contributed by atoms with van der Waals surface area (Å²) in [6.07, 6.45) is 0. The second kappa shape index (κ2) is 5.63. The summed E-state index contributed by atoms with van der Waals surface area (Å²) in [7, 11) is 0. The molecule has 0 unspecified atom stereocenters. The summed E-state index contributed by atoms with van der Waals surface area (Å²) in [4.78, 5) is 20.3. The fourth-order valence-corrected chi connectivity index (χ4v) is 1.90. The minimum atomic E-state index is -0.775. The van der Waals surface area contributed by atoms with E-state index in [0.717, 1.165) is 12.1 Å². The van der Waals surface area contributed by atoms with Crippen LogP contribution in [0.2, 0.25) is 5.02 Å². The maximum atomic E-state index is 11.0. The Balaban J connectivity index is 2.47. The molecule has 0 saturated carbocycles. The first-order valence-corrected chi connectivity index (χ1v) is 6.01. The van der Waals surface area contributed by atoms with Crippen LogP contribution in [0.15, 0.2) is 36.4 Å². The number of anilines is 3. The second-order valence-electron chi connectivity index (χ2n) is 4.08. The lowest BCUT2D eigenvalue weighted by Crippen LogP contribution is -1.99. The molecule has 0 aliphatic heterocycles. The third-order valence-corrected chi connectivity index (χ3v) is 2.95. The van der Waals surface area contributed by atoms with Gasteiger partial charge in [-0.1, -0.05) is 11.6 Å². The largest absolute Gasteiger partial charge is 0.399 e. The number of nitrogens with two attached hydrogens (primary N) is 1. The summed E-state index contributed by atoms with van der Waals surface area (Å²) in [5.74, 6) is 0. The van der Waals surface area contributed by atoms with Gasteiger partial charge in [0.25, 0.3) is 11.4 Å². The Morgan fingerprint density at radius 1 is 1.00 bits per heavy atom. The summed E-state index contributed by atoms with van der Waals surface area (Å²) < 4.78 is 0. The van der Waals surface area contributed by atoms with E-state index in [1.165, 1.54) is 0 Å². The lowest BCUT2D eigenvalue weighted by molar-refractivity contribution is -0.393. The van der Waals surface area contributed by atoms with Crippen LogP contribution >= 0.6 is 11.6 Å². The molecule has 0 amide bonds. The molecule has 0 fully saturated rings. The van der Waals surface area contributed by atoms with Gasteiger partial charge in [-0.25, -0.2) is 0 Å². The number of halogens is 1. The van der Waals surface area contributed by atoms with E-state index in [-0.39, 0.29) is 10.7 Å². The molecule has 21 heavy (non-hydrogen) atoms. The Bertz CT molecular complexity index is 718. The fraction of sp³-hybridized carbons (Fsp3) is 0. The minimum Gasteiger partial charge on any atom is -0.399 e. The highest BCUT2D eigenvalue weighted by Crippen LogP contribution is 2.37. The monoisotopic (exact) mass is 308 g/mol. The van der Waals surface area contributed by atoms with Crippen LogP contribution in [-0.2, 0) is 0 Å². The first-order chi connectivity index (χ1) is 9.88. The number of hydrogen-bond acceptors (Lipinski definition) is 6. The van der Waals surface area contributed by atoms with Crippen molar-refractivity contribution in [3.05, 3.63) is 61.6 Å². The van der Waals surface area contributed by atoms with E-state index in [0.29, 0.717) is 11.4 Å². The average molecular weight is 309 g/mol. The first kappa shape index (κ1) is 14.5. The van der Waals surface area contributed by atoms with Crippen LogP contribution in [0.5, 0.6) is 0 Å².